The summed E-state index contributed by atoms with van der Waals surface area (Å²) in [6, 6.07) is 4.57. The third-order valence-electron chi connectivity index (χ3n) is 2.33. The highest BCUT2D eigenvalue weighted by Crippen LogP contribution is 2.27. The number of hydrogen-bond acceptors (Lipinski definition) is 4. The number of nitroso groups, excluding NO2 is 1. The van der Waals surface area contributed by atoms with Crippen LogP contribution < -0.4 is 11.5 Å². The third-order valence-corrected chi connectivity index (χ3v) is 2.33. The molecular weight excluding hydrogens is 248 g/mol. The minimum Gasteiger partial charge on any atom is -0.506 e. The topological polar surface area (TPSA) is 130 Å². The molecule has 19 heavy (non-hydrogen) atoms. The van der Waals surface area contributed by atoms with E-state index in [1.54, 1.807) is 25.1 Å². The van der Waals surface area contributed by atoms with Gasteiger partial charge in [0.1, 0.15) is 11.4 Å². The molecule has 0 aliphatic carbocycles. The zero-order valence-corrected chi connectivity index (χ0v) is 10.7. The molecule has 0 aromatic heterocycles. The van der Waals surface area contributed by atoms with Crippen LogP contribution in [0.15, 0.2) is 33.4 Å². The quantitative estimate of drug-likeness (QED) is 0.415. The van der Waals surface area contributed by atoms with Gasteiger partial charge in [0.2, 0.25) is 5.96 Å². The number of aromatic hydroxyl groups is 1. The number of phenolic OH excluding ortho intramolecular Hbond substituents is 1. The van der Waals surface area contributed by atoms with Gasteiger partial charge in [0.25, 0.3) is 0 Å². The first kappa shape index (κ1) is 14.4. The Labute approximate surface area is 110 Å². The summed E-state index contributed by atoms with van der Waals surface area (Å²) in [5.41, 5.74) is 11.4. The van der Waals surface area contributed by atoms with Gasteiger partial charge in [-0.1, -0.05) is 6.07 Å². The second-order valence-electron chi connectivity index (χ2n) is 3.83. The molecule has 0 fully saturated rings. The zero-order chi connectivity index (χ0) is 14.4. The normalized spacial score (nSPS) is 10.9. The smallest absolute Gasteiger partial charge is 0.223 e. The van der Waals surface area contributed by atoms with E-state index in [1.165, 1.54) is 12.1 Å². The largest absolute Gasteiger partial charge is 0.506 e. The number of nitrogens with two attached hydrogens (primary N) is 2. The van der Waals surface area contributed by atoms with Gasteiger partial charge in [-0.2, -0.15) is 4.99 Å². The van der Waals surface area contributed by atoms with Crippen molar-refractivity contribution in [2.45, 2.75) is 6.54 Å². The van der Waals surface area contributed by atoms with Crippen molar-refractivity contribution >= 4 is 17.6 Å². The van der Waals surface area contributed by atoms with Crippen molar-refractivity contribution in [1.29, 1.82) is 0 Å². The zero-order valence-electron chi connectivity index (χ0n) is 10.7. The van der Waals surface area contributed by atoms with Gasteiger partial charge in [-0.15, -0.1) is 4.91 Å². The first-order valence-electron chi connectivity index (χ1n) is 5.40. The van der Waals surface area contributed by atoms with Crippen LogP contribution in [0, 0.1) is 4.91 Å². The number of guanidine groups is 2. The molecule has 0 aliphatic rings. The minimum absolute atomic E-state index is 0.00000798. The maximum Gasteiger partial charge on any atom is 0.223 e. The number of nitrogens with zero attached hydrogens (tertiary/aromatic N) is 4. The van der Waals surface area contributed by atoms with E-state index in [2.05, 4.69) is 15.2 Å². The lowest BCUT2D eigenvalue weighted by Crippen LogP contribution is -2.30. The maximum atomic E-state index is 10.4. The van der Waals surface area contributed by atoms with E-state index in [1.807, 2.05) is 0 Å². The van der Waals surface area contributed by atoms with E-state index in [4.69, 9.17) is 11.5 Å². The van der Waals surface area contributed by atoms with Crippen LogP contribution in [-0.4, -0.2) is 36.0 Å². The van der Waals surface area contributed by atoms with Gasteiger partial charge in [0.15, 0.2) is 5.96 Å². The van der Waals surface area contributed by atoms with Crippen LogP contribution in [0.2, 0.25) is 0 Å². The van der Waals surface area contributed by atoms with Crippen molar-refractivity contribution in [2.75, 3.05) is 14.1 Å². The Hall–Kier alpha value is -2.64. The molecule has 0 heterocycles. The lowest BCUT2D eigenvalue weighted by molar-refractivity contribution is 0.468. The monoisotopic (exact) mass is 264 g/mol. The highest BCUT2D eigenvalue weighted by atomic mass is 16.3. The lowest BCUT2D eigenvalue weighted by atomic mass is 10.2. The summed E-state index contributed by atoms with van der Waals surface area (Å²) < 4.78 is 0. The summed E-state index contributed by atoms with van der Waals surface area (Å²) in [6.07, 6.45) is 0. The second-order valence-corrected chi connectivity index (χ2v) is 3.83. The fourth-order valence-corrected chi connectivity index (χ4v) is 1.51. The fraction of sp³-hybridized carbons (Fsp3) is 0.273. The Kier molecular flexibility index (Phi) is 4.81. The molecule has 0 saturated heterocycles. The van der Waals surface area contributed by atoms with Crippen LogP contribution in [0.5, 0.6) is 5.75 Å². The van der Waals surface area contributed by atoms with Gasteiger partial charge >= 0.3 is 0 Å². The molecule has 0 bridgehead atoms. The Morgan fingerprint density at radius 1 is 1.42 bits per heavy atom. The van der Waals surface area contributed by atoms with Crippen LogP contribution in [-0.2, 0) is 6.54 Å². The molecule has 0 spiro atoms. The van der Waals surface area contributed by atoms with Gasteiger partial charge in [0, 0.05) is 20.6 Å². The molecule has 0 radical (unpaired) electrons. The van der Waals surface area contributed by atoms with Crippen molar-refractivity contribution in [2.24, 2.45) is 26.6 Å². The molecule has 8 nitrogen and oxygen atoms in total. The van der Waals surface area contributed by atoms with E-state index in [9.17, 15) is 10.0 Å². The summed E-state index contributed by atoms with van der Waals surface area (Å²) >= 11 is 0. The Morgan fingerprint density at radius 2 is 2.11 bits per heavy atom. The van der Waals surface area contributed by atoms with Crippen molar-refractivity contribution in [3.05, 3.63) is 28.7 Å². The predicted molar refractivity (Wildman–Crippen MR) is 74.2 cm³/mol. The van der Waals surface area contributed by atoms with Crippen LogP contribution in [0.4, 0.5) is 5.69 Å². The summed E-state index contributed by atoms with van der Waals surface area (Å²) in [6.45, 7) is 0.413. The van der Waals surface area contributed by atoms with E-state index < -0.39 is 0 Å². The van der Waals surface area contributed by atoms with Crippen molar-refractivity contribution < 1.29 is 5.11 Å². The first-order chi connectivity index (χ1) is 8.97. The van der Waals surface area contributed by atoms with E-state index >= 15 is 0 Å². The summed E-state index contributed by atoms with van der Waals surface area (Å²) in [5, 5.41) is 12.2. The molecule has 1 aromatic rings. The van der Waals surface area contributed by atoms with Crippen molar-refractivity contribution in [3.8, 4) is 5.75 Å². The number of hydrogen-bond donors (Lipinski definition) is 3. The molecule has 102 valence electrons. The lowest BCUT2D eigenvalue weighted by Gasteiger charge is -2.18. The summed E-state index contributed by atoms with van der Waals surface area (Å²) in [7, 11) is 3.31. The van der Waals surface area contributed by atoms with E-state index in [-0.39, 0.29) is 17.4 Å². The van der Waals surface area contributed by atoms with Gasteiger partial charge in [-0.25, -0.2) is 0 Å². The maximum absolute atomic E-state index is 10.4. The summed E-state index contributed by atoms with van der Waals surface area (Å²) in [5.74, 6) is 0.102. The number of phenols is 1. The van der Waals surface area contributed by atoms with Gasteiger partial charge in [-0.3, -0.25) is 4.99 Å². The highest BCUT2D eigenvalue weighted by Gasteiger charge is 2.08. The van der Waals surface area contributed by atoms with E-state index in [0.717, 1.165) is 5.56 Å². The fourth-order valence-electron chi connectivity index (χ4n) is 1.51. The molecule has 0 amide bonds. The van der Waals surface area contributed by atoms with Crippen LogP contribution in [0.1, 0.15) is 5.56 Å². The molecule has 0 aliphatic heterocycles. The van der Waals surface area contributed by atoms with Crippen molar-refractivity contribution in [1.82, 2.24) is 4.90 Å². The van der Waals surface area contributed by atoms with E-state index in [0.29, 0.717) is 12.5 Å². The molecular formula is C11H16N6O2. The molecule has 1 rings (SSSR count). The Balaban J connectivity index is 2.87. The first-order valence-corrected chi connectivity index (χ1v) is 5.40. The average molecular weight is 264 g/mol. The van der Waals surface area contributed by atoms with Crippen LogP contribution in [0.3, 0.4) is 0 Å². The Morgan fingerprint density at radius 3 is 2.58 bits per heavy atom. The number of aliphatic imine (C=N–C) groups is 2. The molecule has 0 saturated carbocycles. The van der Waals surface area contributed by atoms with Crippen molar-refractivity contribution in [3.63, 3.8) is 0 Å². The second kappa shape index (κ2) is 6.34. The molecule has 0 atom stereocenters. The van der Waals surface area contributed by atoms with Gasteiger partial charge < -0.3 is 21.5 Å². The number of benzene rings is 1. The van der Waals surface area contributed by atoms with Gasteiger partial charge in [-0.05, 0) is 22.9 Å². The molecule has 5 N–H and O–H groups in total. The number of rotatable bonds is 3. The average Bonchev–Trinajstić information content (AvgIpc) is 2.35. The summed E-state index contributed by atoms with van der Waals surface area (Å²) in [4.78, 5) is 19.9. The van der Waals surface area contributed by atoms with Gasteiger partial charge in [0.05, 0.1) is 0 Å². The molecule has 8 heteroatoms. The highest BCUT2D eigenvalue weighted by molar-refractivity contribution is 5.93. The molecule has 0 unspecified atom stereocenters. The van der Waals surface area contributed by atoms with Crippen LogP contribution >= 0.6 is 0 Å². The standard InChI is InChI=1S/C11H16N6O2/c1-14-11(15-10(12)13)17(2)6-7-3-4-8(16-19)9(18)5-7/h3-5,18H,6H2,1-2H3,(H4,12,13,14,15). The third kappa shape index (κ3) is 3.95. The van der Waals surface area contributed by atoms with Crippen LogP contribution in [0.25, 0.3) is 0 Å². The SMILES string of the molecule is CN=C(N=C(N)N)N(C)Cc1ccc(N=O)c(O)c1. The predicted octanol–water partition coefficient (Wildman–Crippen LogP) is 0.481. The minimum atomic E-state index is -0.169. The molecule has 1 aromatic carbocycles. The Bertz CT molecular complexity index is 522.